The highest BCUT2D eigenvalue weighted by molar-refractivity contribution is 5.98. The zero-order valence-corrected chi connectivity index (χ0v) is 19.3. The Morgan fingerprint density at radius 1 is 0.848 bits per heavy atom. The van der Waals surface area contributed by atoms with Gasteiger partial charge in [-0.15, -0.1) is 0 Å². The van der Waals surface area contributed by atoms with Gasteiger partial charge >= 0.3 is 0 Å². The van der Waals surface area contributed by atoms with Crippen LogP contribution in [0.15, 0.2) is 78.9 Å². The lowest BCUT2D eigenvalue weighted by atomic mass is 10.0. The van der Waals surface area contributed by atoms with E-state index in [1.807, 2.05) is 97.6 Å². The molecule has 170 valence electrons. The topological polar surface area (TPSA) is 52.7 Å². The molecule has 5 heteroatoms. The molecule has 2 amide bonds. The minimum atomic E-state index is -0.276. The van der Waals surface area contributed by atoms with Crippen LogP contribution in [0.2, 0.25) is 0 Å². The van der Waals surface area contributed by atoms with Crippen molar-refractivity contribution in [2.45, 2.75) is 26.3 Å². The van der Waals surface area contributed by atoms with E-state index in [1.54, 1.807) is 0 Å². The second-order valence-corrected chi connectivity index (χ2v) is 8.60. The number of rotatable bonds is 6. The summed E-state index contributed by atoms with van der Waals surface area (Å²) in [6, 6.07) is 25.7. The summed E-state index contributed by atoms with van der Waals surface area (Å²) in [5.41, 5.74) is 5.11. The Bertz CT molecular complexity index is 1100. The fourth-order valence-electron chi connectivity index (χ4n) is 4.31. The van der Waals surface area contributed by atoms with E-state index in [2.05, 4.69) is 10.2 Å². The Balaban J connectivity index is 1.34. The molecule has 1 saturated heterocycles. The Kier molecular flexibility index (Phi) is 7.20. The van der Waals surface area contributed by atoms with E-state index >= 15 is 0 Å². The zero-order valence-electron chi connectivity index (χ0n) is 19.3. The molecule has 1 fully saturated rings. The first-order valence-corrected chi connectivity index (χ1v) is 11.5. The highest BCUT2D eigenvalue weighted by Crippen LogP contribution is 2.27. The summed E-state index contributed by atoms with van der Waals surface area (Å²) in [5.74, 6) is 0.121. The summed E-state index contributed by atoms with van der Waals surface area (Å²) in [6.45, 7) is 6.64. The number of piperazine rings is 1. The van der Waals surface area contributed by atoms with Crippen molar-refractivity contribution in [2.24, 2.45) is 0 Å². The minimum absolute atomic E-state index is 0.0296. The third kappa shape index (κ3) is 5.49. The van der Waals surface area contributed by atoms with Gasteiger partial charge < -0.3 is 10.2 Å². The van der Waals surface area contributed by atoms with Gasteiger partial charge in [0.1, 0.15) is 0 Å². The number of carbonyl (C=O) groups is 2. The SMILES string of the molecule is Cc1ccccc1CC(=O)N1CCN(C(C)C(=O)Nc2ccccc2-c2ccccc2)CC1. The number of nitrogens with zero attached hydrogens (tertiary/aromatic N) is 2. The van der Waals surface area contributed by atoms with Crippen LogP contribution in [0.5, 0.6) is 0 Å². The summed E-state index contributed by atoms with van der Waals surface area (Å²) >= 11 is 0. The summed E-state index contributed by atoms with van der Waals surface area (Å²) < 4.78 is 0. The maximum absolute atomic E-state index is 13.1. The Morgan fingerprint density at radius 3 is 2.21 bits per heavy atom. The highest BCUT2D eigenvalue weighted by Gasteiger charge is 2.28. The zero-order chi connectivity index (χ0) is 23.2. The van der Waals surface area contributed by atoms with Gasteiger partial charge in [-0.05, 0) is 36.6 Å². The van der Waals surface area contributed by atoms with Crippen LogP contribution in [0.4, 0.5) is 5.69 Å². The molecule has 3 aromatic rings. The lowest BCUT2D eigenvalue weighted by Gasteiger charge is -2.37. The molecule has 3 aromatic carbocycles. The first-order chi connectivity index (χ1) is 16.0. The number of anilines is 1. The Hall–Kier alpha value is -3.44. The molecular formula is C28H31N3O2. The molecule has 0 saturated carbocycles. The molecule has 1 aliphatic rings. The smallest absolute Gasteiger partial charge is 0.241 e. The first-order valence-electron chi connectivity index (χ1n) is 11.5. The molecule has 1 heterocycles. The Labute approximate surface area is 196 Å². The van der Waals surface area contributed by atoms with Crippen LogP contribution in [-0.4, -0.2) is 53.8 Å². The second-order valence-electron chi connectivity index (χ2n) is 8.60. The minimum Gasteiger partial charge on any atom is -0.340 e. The molecule has 1 aliphatic heterocycles. The van der Waals surface area contributed by atoms with Gasteiger partial charge in [0.05, 0.1) is 12.5 Å². The normalized spacial score (nSPS) is 15.2. The van der Waals surface area contributed by atoms with Gasteiger partial charge in [0.25, 0.3) is 0 Å². The fraction of sp³-hybridized carbons (Fsp3) is 0.286. The predicted octanol–water partition coefficient (Wildman–Crippen LogP) is 4.38. The van der Waals surface area contributed by atoms with Gasteiger partial charge in [-0.25, -0.2) is 0 Å². The number of carbonyl (C=O) groups excluding carboxylic acids is 2. The van der Waals surface area contributed by atoms with Gasteiger partial charge in [0.2, 0.25) is 11.8 Å². The lowest BCUT2D eigenvalue weighted by Crippen LogP contribution is -2.54. The highest BCUT2D eigenvalue weighted by atomic mass is 16.2. The molecule has 4 rings (SSSR count). The predicted molar refractivity (Wildman–Crippen MR) is 133 cm³/mol. The summed E-state index contributed by atoms with van der Waals surface area (Å²) in [5, 5.41) is 3.12. The number of benzene rings is 3. The molecule has 1 atom stereocenters. The van der Waals surface area contributed by atoms with Crippen molar-refractivity contribution in [2.75, 3.05) is 31.5 Å². The van der Waals surface area contributed by atoms with Gasteiger partial charge in [-0.2, -0.15) is 0 Å². The van der Waals surface area contributed by atoms with E-state index in [1.165, 1.54) is 0 Å². The van der Waals surface area contributed by atoms with Gasteiger partial charge in [0.15, 0.2) is 0 Å². The first kappa shape index (κ1) is 22.7. The Morgan fingerprint density at radius 2 is 1.48 bits per heavy atom. The van der Waals surface area contributed by atoms with E-state index in [4.69, 9.17) is 0 Å². The molecule has 1 unspecified atom stereocenters. The average Bonchev–Trinajstić information content (AvgIpc) is 2.86. The third-order valence-corrected chi connectivity index (χ3v) is 6.47. The quantitative estimate of drug-likeness (QED) is 0.618. The average molecular weight is 442 g/mol. The maximum Gasteiger partial charge on any atom is 0.241 e. The molecule has 0 aromatic heterocycles. The van der Waals surface area contributed by atoms with Gasteiger partial charge in [0, 0.05) is 37.4 Å². The van der Waals surface area contributed by atoms with Crippen molar-refractivity contribution in [1.29, 1.82) is 0 Å². The van der Waals surface area contributed by atoms with Gasteiger partial charge in [-0.1, -0.05) is 72.8 Å². The molecule has 0 radical (unpaired) electrons. The third-order valence-electron chi connectivity index (χ3n) is 6.47. The van der Waals surface area contributed by atoms with Crippen molar-refractivity contribution in [1.82, 2.24) is 9.80 Å². The molecule has 33 heavy (non-hydrogen) atoms. The molecule has 0 aliphatic carbocycles. The number of nitrogens with one attached hydrogen (secondary N) is 1. The van der Waals surface area contributed by atoms with Crippen LogP contribution in [0.1, 0.15) is 18.1 Å². The maximum atomic E-state index is 13.1. The number of aryl methyl sites for hydroxylation is 1. The van der Waals surface area contributed by atoms with Gasteiger partial charge in [-0.3, -0.25) is 14.5 Å². The molecule has 5 nitrogen and oxygen atoms in total. The van der Waals surface area contributed by atoms with Crippen LogP contribution >= 0.6 is 0 Å². The molecule has 0 spiro atoms. The van der Waals surface area contributed by atoms with Crippen LogP contribution in [0.25, 0.3) is 11.1 Å². The van der Waals surface area contributed by atoms with Crippen molar-refractivity contribution in [3.8, 4) is 11.1 Å². The van der Waals surface area contributed by atoms with Crippen molar-refractivity contribution < 1.29 is 9.59 Å². The summed E-state index contributed by atoms with van der Waals surface area (Å²) in [6.07, 6.45) is 0.430. The van der Waals surface area contributed by atoms with Crippen LogP contribution in [-0.2, 0) is 16.0 Å². The van der Waals surface area contributed by atoms with E-state index in [9.17, 15) is 9.59 Å². The number of amides is 2. The van der Waals surface area contributed by atoms with E-state index in [0.717, 1.165) is 27.9 Å². The van der Waals surface area contributed by atoms with Crippen molar-refractivity contribution in [3.05, 3.63) is 90.0 Å². The molecule has 0 bridgehead atoms. The number of hydrogen-bond donors (Lipinski definition) is 1. The number of para-hydroxylation sites is 1. The largest absolute Gasteiger partial charge is 0.340 e. The van der Waals surface area contributed by atoms with Crippen LogP contribution < -0.4 is 5.32 Å². The standard InChI is InChI=1S/C28H31N3O2/c1-21-10-6-7-13-24(21)20-27(32)31-18-16-30(17-19-31)22(2)28(33)29-26-15-9-8-14-25(26)23-11-4-3-5-12-23/h3-15,22H,16-20H2,1-2H3,(H,29,33). The molecule has 1 N–H and O–H groups in total. The van der Waals surface area contributed by atoms with E-state index < -0.39 is 0 Å². The van der Waals surface area contributed by atoms with Crippen molar-refractivity contribution >= 4 is 17.5 Å². The summed E-state index contributed by atoms with van der Waals surface area (Å²) in [7, 11) is 0. The monoisotopic (exact) mass is 441 g/mol. The lowest BCUT2D eigenvalue weighted by molar-refractivity contribution is -0.133. The fourth-order valence-corrected chi connectivity index (χ4v) is 4.31. The van der Waals surface area contributed by atoms with Crippen LogP contribution in [0, 0.1) is 6.92 Å². The second kappa shape index (κ2) is 10.5. The molecular weight excluding hydrogens is 410 g/mol. The number of hydrogen-bond acceptors (Lipinski definition) is 3. The summed E-state index contributed by atoms with van der Waals surface area (Å²) in [4.78, 5) is 29.9. The van der Waals surface area contributed by atoms with E-state index in [-0.39, 0.29) is 17.9 Å². The van der Waals surface area contributed by atoms with Crippen LogP contribution in [0.3, 0.4) is 0 Å². The van der Waals surface area contributed by atoms with Crippen molar-refractivity contribution in [3.63, 3.8) is 0 Å². The van der Waals surface area contributed by atoms with E-state index in [0.29, 0.717) is 32.6 Å².